The Morgan fingerprint density at radius 3 is 2.57 bits per heavy atom. The zero-order valence-electron chi connectivity index (χ0n) is 12.4. The SMILES string of the molecule is CN1CCN(C(=O)CN2CCC(=O)c3ccccc32)CC1. The third kappa shape index (κ3) is 2.93. The molecule has 2 aliphatic rings. The number of Topliss-reactive ketones (excluding diaryl/α,β-unsaturated/α-hetero) is 1. The van der Waals surface area contributed by atoms with Crippen LogP contribution in [0, 0.1) is 0 Å². The second-order valence-corrected chi connectivity index (χ2v) is 5.80. The summed E-state index contributed by atoms with van der Waals surface area (Å²) >= 11 is 0. The molecule has 0 spiro atoms. The highest BCUT2D eigenvalue weighted by atomic mass is 16.2. The molecule has 1 fully saturated rings. The van der Waals surface area contributed by atoms with Crippen LogP contribution < -0.4 is 4.90 Å². The van der Waals surface area contributed by atoms with Crippen LogP contribution in [0.3, 0.4) is 0 Å². The quantitative estimate of drug-likeness (QED) is 0.809. The molecule has 2 heterocycles. The second-order valence-electron chi connectivity index (χ2n) is 5.80. The summed E-state index contributed by atoms with van der Waals surface area (Å²) in [5, 5.41) is 0. The number of benzene rings is 1. The lowest BCUT2D eigenvalue weighted by Crippen LogP contribution is -2.50. The molecule has 3 rings (SSSR count). The van der Waals surface area contributed by atoms with Crippen molar-refractivity contribution in [2.24, 2.45) is 0 Å². The van der Waals surface area contributed by atoms with Crippen LogP contribution in [0.4, 0.5) is 5.69 Å². The second kappa shape index (κ2) is 5.85. The van der Waals surface area contributed by atoms with Crippen LogP contribution in [0.25, 0.3) is 0 Å². The predicted octanol–water partition coefficient (Wildman–Crippen LogP) is 0.853. The zero-order chi connectivity index (χ0) is 14.8. The maximum Gasteiger partial charge on any atom is 0.242 e. The van der Waals surface area contributed by atoms with Gasteiger partial charge >= 0.3 is 0 Å². The van der Waals surface area contributed by atoms with Crippen LogP contribution in [-0.4, -0.2) is 67.8 Å². The van der Waals surface area contributed by atoms with E-state index < -0.39 is 0 Å². The Hall–Kier alpha value is -1.88. The van der Waals surface area contributed by atoms with Gasteiger partial charge in [0.15, 0.2) is 5.78 Å². The van der Waals surface area contributed by atoms with E-state index in [0.29, 0.717) is 19.5 Å². The summed E-state index contributed by atoms with van der Waals surface area (Å²) in [6.07, 6.45) is 0.493. The number of carbonyl (C=O) groups excluding carboxylic acids is 2. The summed E-state index contributed by atoms with van der Waals surface area (Å²) in [6.45, 7) is 4.46. The van der Waals surface area contributed by atoms with Crippen molar-refractivity contribution in [3.63, 3.8) is 0 Å². The molecule has 0 atom stereocenters. The number of amides is 1. The third-order valence-corrected chi connectivity index (χ3v) is 4.34. The number of hydrogen-bond acceptors (Lipinski definition) is 4. The van der Waals surface area contributed by atoms with Crippen molar-refractivity contribution in [2.75, 3.05) is 51.2 Å². The number of anilines is 1. The predicted molar refractivity (Wildman–Crippen MR) is 81.7 cm³/mol. The number of rotatable bonds is 2. The van der Waals surface area contributed by atoms with E-state index in [0.717, 1.165) is 37.4 Å². The molecule has 112 valence electrons. The smallest absolute Gasteiger partial charge is 0.242 e. The average molecular weight is 287 g/mol. The molecule has 1 saturated heterocycles. The fraction of sp³-hybridized carbons (Fsp3) is 0.500. The molecule has 0 bridgehead atoms. The third-order valence-electron chi connectivity index (χ3n) is 4.34. The van der Waals surface area contributed by atoms with Crippen LogP contribution in [0.5, 0.6) is 0 Å². The van der Waals surface area contributed by atoms with Crippen LogP contribution in [0.15, 0.2) is 24.3 Å². The Labute approximate surface area is 125 Å². The summed E-state index contributed by atoms with van der Waals surface area (Å²) in [5.74, 6) is 0.334. The van der Waals surface area contributed by atoms with Gasteiger partial charge in [-0.1, -0.05) is 12.1 Å². The van der Waals surface area contributed by atoms with E-state index in [1.807, 2.05) is 34.1 Å². The Kier molecular flexibility index (Phi) is 3.92. The monoisotopic (exact) mass is 287 g/mol. The topological polar surface area (TPSA) is 43.9 Å². The van der Waals surface area contributed by atoms with Gasteiger partial charge in [-0.25, -0.2) is 0 Å². The molecule has 0 unspecified atom stereocenters. The van der Waals surface area contributed by atoms with Crippen molar-refractivity contribution in [1.82, 2.24) is 9.80 Å². The van der Waals surface area contributed by atoms with Crippen LogP contribution in [-0.2, 0) is 4.79 Å². The van der Waals surface area contributed by atoms with Crippen molar-refractivity contribution < 1.29 is 9.59 Å². The fourth-order valence-electron chi connectivity index (χ4n) is 2.96. The standard InChI is InChI=1S/C16H21N3O2/c1-17-8-10-18(11-9-17)16(21)12-19-7-6-15(20)13-4-2-3-5-14(13)19/h2-5H,6-12H2,1H3. The molecule has 0 N–H and O–H groups in total. The van der Waals surface area contributed by atoms with Gasteiger partial charge in [-0.15, -0.1) is 0 Å². The number of likely N-dealkylation sites (N-methyl/N-ethyl adjacent to an activating group) is 1. The molecular formula is C16H21N3O2. The minimum atomic E-state index is 0.159. The van der Waals surface area contributed by atoms with E-state index >= 15 is 0 Å². The maximum absolute atomic E-state index is 12.4. The largest absolute Gasteiger partial charge is 0.361 e. The minimum Gasteiger partial charge on any atom is -0.361 e. The van der Waals surface area contributed by atoms with Gasteiger partial charge in [0.25, 0.3) is 0 Å². The van der Waals surface area contributed by atoms with Gasteiger partial charge in [-0.05, 0) is 19.2 Å². The van der Waals surface area contributed by atoms with E-state index in [4.69, 9.17) is 0 Å². The lowest BCUT2D eigenvalue weighted by Gasteiger charge is -2.35. The van der Waals surface area contributed by atoms with E-state index in [-0.39, 0.29) is 11.7 Å². The van der Waals surface area contributed by atoms with Crippen molar-refractivity contribution in [2.45, 2.75) is 6.42 Å². The zero-order valence-corrected chi connectivity index (χ0v) is 12.4. The number of piperazine rings is 1. The summed E-state index contributed by atoms with van der Waals surface area (Å²) in [6, 6.07) is 7.58. The van der Waals surface area contributed by atoms with Gasteiger partial charge in [0, 0.05) is 50.4 Å². The van der Waals surface area contributed by atoms with Gasteiger partial charge < -0.3 is 14.7 Å². The molecular weight excluding hydrogens is 266 g/mol. The molecule has 0 aliphatic carbocycles. The Balaban J connectivity index is 1.69. The highest BCUT2D eigenvalue weighted by molar-refractivity contribution is 6.04. The number of ketones is 1. The number of carbonyl (C=O) groups is 2. The molecule has 5 nitrogen and oxygen atoms in total. The average Bonchev–Trinajstić information content (AvgIpc) is 2.51. The highest BCUT2D eigenvalue weighted by Gasteiger charge is 2.26. The minimum absolute atomic E-state index is 0.159. The Bertz CT molecular complexity index is 550. The molecule has 5 heteroatoms. The van der Waals surface area contributed by atoms with Crippen LogP contribution in [0.2, 0.25) is 0 Å². The summed E-state index contributed by atoms with van der Waals surface area (Å²) in [5.41, 5.74) is 1.64. The first-order valence-electron chi connectivity index (χ1n) is 7.48. The van der Waals surface area contributed by atoms with Gasteiger partial charge in [0.1, 0.15) is 0 Å². The first kappa shape index (κ1) is 14.1. The van der Waals surface area contributed by atoms with Crippen molar-refractivity contribution in [3.05, 3.63) is 29.8 Å². The van der Waals surface area contributed by atoms with E-state index in [9.17, 15) is 9.59 Å². The molecule has 21 heavy (non-hydrogen) atoms. The maximum atomic E-state index is 12.4. The van der Waals surface area contributed by atoms with Gasteiger partial charge in [-0.3, -0.25) is 9.59 Å². The lowest BCUT2D eigenvalue weighted by atomic mass is 10.0. The molecule has 1 aromatic carbocycles. The van der Waals surface area contributed by atoms with E-state index in [1.165, 1.54) is 0 Å². The summed E-state index contributed by atoms with van der Waals surface area (Å²) in [4.78, 5) is 30.6. The first-order chi connectivity index (χ1) is 10.1. The fourth-order valence-corrected chi connectivity index (χ4v) is 2.96. The van der Waals surface area contributed by atoms with E-state index in [2.05, 4.69) is 11.9 Å². The summed E-state index contributed by atoms with van der Waals surface area (Å²) in [7, 11) is 2.08. The summed E-state index contributed by atoms with van der Waals surface area (Å²) < 4.78 is 0. The molecule has 0 radical (unpaired) electrons. The number of para-hydroxylation sites is 1. The number of nitrogens with zero attached hydrogens (tertiary/aromatic N) is 3. The Morgan fingerprint density at radius 2 is 1.81 bits per heavy atom. The van der Waals surface area contributed by atoms with Gasteiger partial charge in [0.2, 0.25) is 5.91 Å². The highest BCUT2D eigenvalue weighted by Crippen LogP contribution is 2.26. The van der Waals surface area contributed by atoms with Gasteiger partial charge in [-0.2, -0.15) is 0 Å². The van der Waals surface area contributed by atoms with Crippen molar-refractivity contribution in [3.8, 4) is 0 Å². The van der Waals surface area contributed by atoms with Crippen LogP contribution >= 0.6 is 0 Å². The van der Waals surface area contributed by atoms with Crippen molar-refractivity contribution in [1.29, 1.82) is 0 Å². The van der Waals surface area contributed by atoms with Gasteiger partial charge in [0.05, 0.1) is 6.54 Å². The Morgan fingerprint density at radius 1 is 1.10 bits per heavy atom. The lowest BCUT2D eigenvalue weighted by molar-refractivity contribution is -0.131. The van der Waals surface area contributed by atoms with Crippen molar-refractivity contribution >= 4 is 17.4 Å². The normalized spacial score (nSPS) is 19.6. The van der Waals surface area contributed by atoms with Crippen LogP contribution in [0.1, 0.15) is 16.8 Å². The molecule has 1 aromatic rings. The first-order valence-corrected chi connectivity index (χ1v) is 7.48. The van der Waals surface area contributed by atoms with E-state index in [1.54, 1.807) is 0 Å². The number of hydrogen-bond donors (Lipinski definition) is 0. The molecule has 0 saturated carbocycles. The molecule has 1 amide bonds. The number of fused-ring (bicyclic) bond motifs is 1. The molecule has 2 aliphatic heterocycles. The molecule has 0 aromatic heterocycles.